The fraction of sp³-hybridized carbons (Fsp3) is 0.421. The predicted octanol–water partition coefficient (Wildman–Crippen LogP) is 1.36. The number of aromatic nitrogens is 3. The van der Waals surface area contributed by atoms with Crippen LogP contribution < -0.4 is 10.2 Å². The van der Waals surface area contributed by atoms with Gasteiger partial charge in [-0.25, -0.2) is 9.97 Å². The Balaban J connectivity index is 1.63. The molecule has 0 radical (unpaired) electrons. The maximum Gasteiger partial charge on any atom is 0.272 e. The minimum atomic E-state index is -0.188. The lowest BCUT2D eigenvalue weighted by atomic mass is 10.1. The number of anilines is 1. The average molecular weight is 368 g/mol. The van der Waals surface area contributed by atoms with Gasteiger partial charge in [-0.2, -0.15) is 0 Å². The summed E-state index contributed by atoms with van der Waals surface area (Å²) in [5.74, 6) is 0.320. The van der Waals surface area contributed by atoms with Crippen LogP contribution in [0.5, 0.6) is 0 Å². The minimum absolute atomic E-state index is 0.0816. The highest BCUT2D eigenvalue weighted by Crippen LogP contribution is 2.13. The highest BCUT2D eigenvalue weighted by atomic mass is 16.2. The second-order valence-electron chi connectivity index (χ2n) is 6.54. The number of carbonyl (C=O) groups excluding carboxylic acids is 2. The molecule has 0 bridgehead atoms. The summed E-state index contributed by atoms with van der Waals surface area (Å²) in [7, 11) is 0. The van der Waals surface area contributed by atoms with E-state index < -0.39 is 0 Å². The van der Waals surface area contributed by atoms with E-state index in [0.29, 0.717) is 37.7 Å². The van der Waals surface area contributed by atoms with Crippen molar-refractivity contribution < 1.29 is 9.59 Å². The van der Waals surface area contributed by atoms with Gasteiger partial charge < -0.3 is 15.1 Å². The number of nitrogens with one attached hydrogen (secondary N) is 1. The van der Waals surface area contributed by atoms with Crippen molar-refractivity contribution in [3.05, 3.63) is 48.0 Å². The van der Waals surface area contributed by atoms with E-state index in [0.717, 1.165) is 6.42 Å². The largest absolute Gasteiger partial charge is 0.350 e. The van der Waals surface area contributed by atoms with Crippen molar-refractivity contribution >= 4 is 17.8 Å². The van der Waals surface area contributed by atoms with Gasteiger partial charge in [0.1, 0.15) is 5.69 Å². The molecule has 2 aromatic heterocycles. The Morgan fingerprint density at radius 1 is 1.11 bits per heavy atom. The van der Waals surface area contributed by atoms with Crippen LogP contribution in [0.15, 0.2) is 36.8 Å². The van der Waals surface area contributed by atoms with Gasteiger partial charge in [-0.15, -0.1) is 0 Å². The van der Waals surface area contributed by atoms with Gasteiger partial charge in [0, 0.05) is 56.4 Å². The number of carbonyl (C=O) groups is 2. The highest BCUT2D eigenvalue weighted by Gasteiger charge is 2.24. The summed E-state index contributed by atoms with van der Waals surface area (Å²) in [4.78, 5) is 41.5. The molecule has 3 heterocycles. The van der Waals surface area contributed by atoms with E-state index >= 15 is 0 Å². The number of pyridine rings is 1. The van der Waals surface area contributed by atoms with Crippen LogP contribution >= 0.6 is 0 Å². The van der Waals surface area contributed by atoms with Gasteiger partial charge in [0.15, 0.2) is 0 Å². The SMILES string of the molecule is CCC(C)NC(=O)c1ccnc(C(=O)N2CCN(c3ncccn3)CC2)c1. The summed E-state index contributed by atoms with van der Waals surface area (Å²) < 4.78 is 0. The van der Waals surface area contributed by atoms with Crippen molar-refractivity contribution in [1.29, 1.82) is 0 Å². The van der Waals surface area contributed by atoms with Crippen molar-refractivity contribution in [2.24, 2.45) is 0 Å². The van der Waals surface area contributed by atoms with Crippen LogP contribution in [0.25, 0.3) is 0 Å². The van der Waals surface area contributed by atoms with Crippen LogP contribution in [-0.4, -0.2) is 63.9 Å². The van der Waals surface area contributed by atoms with Gasteiger partial charge in [0.2, 0.25) is 5.95 Å². The van der Waals surface area contributed by atoms with Crippen LogP contribution in [0.4, 0.5) is 5.95 Å². The van der Waals surface area contributed by atoms with Gasteiger partial charge >= 0.3 is 0 Å². The Hall–Kier alpha value is -3.03. The zero-order chi connectivity index (χ0) is 19.2. The summed E-state index contributed by atoms with van der Waals surface area (Å²) in [6.45, 7) is 6.38. The predicted molar refractivity (Wildman–Crippen MR) is 102 cm³/mol. The first-order valence-electron chi connectivity index (χ1n) is 9.16. The molecule has 2 amide bonds. The molecule has 3 rings (SSSR count). The summed E-state index contributed by atoms with van der Waals surface area (Å²) in [6, 6.07) is 5.05. The first-order valence-corrected chi connectivity index (χ1v) is 9.16. The third-order valence-electron chi connectivity index (χ3n) is 4.63. The van der Waals surface area contributed by atoms with E-state index in [9.17, 15) is 9.59 Å². The van der Waals surface area contributed by atoms with Gasteiger partial charge in [-0.1, -0.05) is 6.92 Å². The molecule has 27 heavy (non-hydrogen) atoms. The van der Waals surface area contributed by atoms with Crippen LogP contribution in [0.1, 0.15) is 41.1 Å². The molecule has 8 nitrogen and oxygen atoms in total. The molecule has 1 unspecified atom stereocenters. The van der Waals surface area contributed by atoms with Crippen LogP contribution in [-0.2, 0) is 0 Å². The summed E-state index contributed by atoms with van der Waals surface area (Å²) in [5.41, 5.74) is 0.737. The molecule has 8 heteroatoms. The standard InChI is InChI=1S/C19H24N6O2/c1-3-14(2)23-17(26)15-5-8-20-16(13-15)18(27)24-9-11-25(12-10-24)19-21-6-4-7-22-19/h4-8,13-14H,3,9-12H2,1-2H3,(H,23,26). The number of hydrogen-bond donors (Lipinski definition) is 1. The molecule has 1 aliphatic heterocycles. The second kappa shape index (κ2) is 8.57. The molecule has 1 aliphatic rings. The molecule has 1 atom stereocenters. The normalized spacial score (nSPS) is 15.3. The van der Waals surface area contributed by atoms with Crippen molar-refractivity contribution in [2.75, 3.05) is 31.1 Å². The average Bonchev–Trinajstić information content (AvgIpc) is 2.74. The second-order valence-corrected chi connectivity index (χ2v) is 6.54. The Bertz CT molecular complexity index is 790. The topological polar surface area (TPSA) is 91.3 Å². The fourth-order valence-corrected chi connectivity index (χ4v) is 2.82. The molecule has 2 aromatic rings. The molecular formula is C19H24N6O2. The van der Waals surface area contributed by atoms with Gasteiger partial charge in [-0.3, -0.25) is 14.6 Å². The van der Waals surface area contributed by atoms with Crippen molar-refractivity contribution in [2.45, 2.75) is 26.3 Å². The number of piperazine rings is 1. The molecule has 1 saturated heterocycles. The van der Waals surface area contributed by atoms with E-state index in [4.69, 9.17) is 0 Å². The lowest BCUT2D eigenvalue weighted by Gasteiger charge is -2.34. The fourth-order valence-electron chi connectivity index (χ4n) is 2.82. The number of nitrogens with zero attached hydrogens (tertiary/aromatic N) is 5. The molecule has 0 aromatic carbocycles. The Labute approximate surface area is 158 Å². The number of hydrogen-bond acceptors (Lipinski definition) is 6. The summed E-state index contributed by atoms with van der Waals surface area (Å²) in [6.07, 6.45) is 5.77. The minimum Gasteiger partial charge on any atom is -0.350 e. The molecule has 1 fully saturated rings. The van der Waals surface area contributed by atoms with Crippen LogP contribution in [0.3, 0.4) is 0 Å². The molecule has 0 aliphatic carbocycles. The third-order valence-corrected chi connectivity index (χ3v) is 4.63. The first-order chi connectivity index (χ1) is 13.1. The number of amides is 2. The van der Waals surface area contributed by atoms with E-state index in [2.05, 4.69) is 20.3 Å². The zero-order valence-electron chi connectivity index (χ0n) is 15.6. The monoisotopic (exact) mass is 368 g/mol. The van der Waals surface area contributed by atoms with E-state index in [1.807, 2.05) is 18.7 Å². The highest BCUT2D eigenvalue weighted by molar-refractivity contribution is 5.98. The zero-order valence-corrected chi connectivity index (χ0v) is 15.6. The Morgan fingerprint density at radius 2 is 1.81 bits per heavy atom. The third kappa shape index (κ3) is 4.58. The van der Waals surface area contributed by atoms with E-state index in [-0.39, 0.29) is 23.6 Å². The van der Waals surface area contributed by atoms with E-state index in [1.54, 1.807) is 35.5 Å². The molecule has 0 spiro atoms. The van der Waals surface area contributed by atoms with Crippen LogP contribution in [0.2, 0.25) is 0 Å². The quantitative estimate of drug-likeness (QED) is 0.857. The molecule has 142 valence electrons. The van der Waals surface area contributed by atoms with Crippen molar-refractivity contribution in [1.82, 2.24) is 25.2 Å². The smallest absolute Gasteiger partial charge is 0.272 e. The van der Waals surface area contributed by atoms with Gasteiger partial charge in [0.05, 0.1) is 0 Å². The summed E-state index contributed by atoms with van der Waals surface area (Å²) in [5, 5.41) is 2.90. The molecule has 0 saturated carbocycles. The summed E-state index contributed by atoms with van der Waals surface area (Å²) >= 11 is 0. The Kier molecular flexibility index (Phi) is 5.95. The molecule has 1 N–H and O–H groups in total. The van der Waals surface area contributed by atoms with E-state index in [1.165, 1.54) is 6.20 Å². The lowest BCUT2D eigenvalue weighted by Crippen LogP contribution is -2.49. The lowest BCUT2D eigenvalue weighted by molar-refractivity contribution is 0.0740. The first kappa shape index (κ1) is 18.8. The van der Waals surface area contributed by atoms with Gasteiger partial charge in [0.25, 0.3) is 11.8 Å². The Morgan fingerprint density at radius 3 is 2.48 bits per heavy atom. The maximum absolute atomic E-state index is 12.8. The molecular weight excluding hydrogens is 344 g/mol. The maximum atomic E-state index is 12.8. The van der Waals surface area contributed by atoms with Crippen molar-refractivity contribution in [3.63, 3.8) is 0 Å². The van der Waals surface area contributed by atoms with Crippen LogP contribution in [0, 0.1) is 0 Å². The number of rotatable bonds is 5. The van der Waals surface area contributed by atoms with Crippen molar-refractivity contribution in [3.8, 4) is 0 Å². The van der Waals surface area contributed by atoms with Gasteiger partial charge in [-0.05, 0) is 31.5 Å².